The van der Waals surface area contributed by atoms with E-state index in [-0.39, 0.29) is 30.2 Å². The van der Waals surface area contributed by atoms with Crippen molar-refractivity contribution in [1.82, 2.24) is 15.2 Å². The first-order valence-corrected chi connectivity index (χ1v) is 16.2. The topological polar surface area (TPSA) is 121 Å². The van der Waals surface area contributed by atoms with Crippen LogP contribution in [0.4, 0.5) is 0 Å². The van der Waals surface area contributed by atoms with Gasteiger partial charge in [-0.3, -0.25) is 14.6 Å². The molecule has 1 saturated heterocycles. The van der Waals surface area contributed by atoms with Gasteiger partial charge < -0.3 is 20.1 Å². The number of benzene rings is 1. The number of carboxylic acid groups (broad SMARTS) is 1. The van der Waals surface area contributed by atoms with Gasteiger partial charge in [0.25, 0.3) is 0 Å². The fourth-order valence-electron chi connectivity index (χ4n) is 6.60. The Morgan fingerprint density at radius 1 is 1.16 bits per heavy atom. The molecule has 43 heavy (non-hydrogen) atoms. The predicted molar refractivity (Wildman–Crippen MR) is 166 cm³/mol. The number of amidine groups is 1. The highest BCUT2D eigenvalue weighted by atomic mass is 35.5. The molecule has 4 atom stereocenters. The summed E-state index contributed by atoms with van der Waals surface area (Å²) in [6, 6.07) is 6.79. The van der Waals surface area contributed by atoms with Crippen molar-refractivity contribution >= 4 is 46.6 Å². The molecule has 1 aromatic carbocycles. The van der Waals surface area contributed by atoms with E-state index in [0.29, 0.717) is 29.4 Å². The number of carbonyl (C=O) groups excluding carboxylic acids is 2. The molecule has 0 bridgehead atoms. The molecule has 1 aromatic heterocycles. The van der Waals surface area contributed by atoms with Crippen molar-refractivity contribution in [3.63, 3.8) is 0 Å². The number of thiazole rings is 1. The first kappa shape index (κ1) is 31.2. The van der Waals surface area contributed by atoms with Crippen molar-refractivity contribution in [3.05, 3.63) is 62.7 Å². The maximum absolute atomic E-state index is 13.3. The number of esters is 1. The number of carboxylic acids is 1. The normalized spacial score (nSPS) is 24.8. The zero-order valence-electron chi connectivity index (χ0n) is 24.8. The van der Waals surface area contributed by atoms with Gasteiger partial charge in [-0.15, -0.1) is 11.3 Å². The second-order valence-corrected chi connectivity index (χ2v) is 13.8. The third kappa shape index (κ3) is 6.96. The lowest BCUT2D eigenvalue weighted by Crippen LogP contribution is -2.40. The van der Waals surface area contributed by atoms with Crippen molar-refractivity contribution in [2.75, 3.05) is 20.2 Å². The fourth-order valence-corrected chi connectivity index (χ4v) is 7.32. The maximum Gasteiger partial charge on any atom is 0.338 e. The van der Waals surface area contributed by atoms with Crippen LogP contribution in [-0.2, 0) is 19.1 Å². The largest absolute Gasteiger partial charge is 0.481 e. The van der Waals surface area contributed by atoms with E-state index in [9.17, 15) is 19.5 Å². The number of aliphatic carboxylic acids is 1. The highest BCUT2D eigenvalue weighted by Gasteiger charge is 2.43. The number of allylic oxidation sites excluding steroid dienone is 1. The second-order valence-electron chi connectivity index (χ2n) is 12.5. The summed E-state index contributed by atoms with van der Waals surface area (Å²) in [5, 5.41) is 16.3. The number of amides is 1. The van der Waals surface area contributed by atoms with Crippen LogP contribution in [0.2, 0.25) is 5.02 Å². The van der Waals surface area contributed by atoms with Crippen molar-refractivity contribution in [1.29, 1.82) is 0 Å². The van der Waals surface area contributed by atoms with Gasteiger partial charge in [-0.1, -0.05) is 43.0 Å². The quantitative estimate of drug-likeness (QED) is 0.352. The number of fused-ring (bicyclic) bond motifs is 1. The molecule has 2 fully saturated rings. The molecular formula is C32H39ClN4O5S. The van der Waals surface area contributed by atoms with Gasteiger partial charge >= 0.3 is 11.9 Å². The number of aliphatic imine (C=N–C) groups is 1. The Morgan fingerprint density at radius 2 is 1.91 bits per heavy atom. The molecule has 1 amide bonds. The lowest BCUT2D eigenvalue weighted by atomic mass is 9.84. The van der Waals surface area contributed by atoms with Gasteiger partial charge in [-0.2, -0.15) is 0 Å². The highest BCUT2D eigenvalue weighted by Crippen LogP contribution is 2.40. The smallest absolute Gasteiger partial charge is 0.338 e. The second kappa shape index (κ2) is 13.2. The Balaban J connectivity index is 1.40. The van der Waals surface area contributed by atoms with Crippen LogP contribution in [0.5, 0.6) is 0 Å². The van der Waals surface area contributed by atoms with E-state index in [1.807, 2.05) is 17.5 Å². The molecule has 5 rings (SSSR count). The molecule has 230 valence electrons. The van der Waals surface area contributed by atoms with E-state index in [1.54, 1.807) is 37.1 Å². The van der Waals surface area contributed by atoms with Crippen molar-refractivity contribution in [2.45, 2.75) is 64.8 Å². The third-order valence-electron chi connectivity index (χ3n) is 8.99. The minimum absolute atomic E-state index is 0.0566. The minimum Gasteiger partial charge on any atom is -0.481 e. The van der Waals surface area contributed by atoms with Gasteiger partial charge in [0.2, 0.25) is 5.91 Å². The molecule has 3 heterocycles. The molecular weight excluding hydrogens is 588 g/mol. The Labute approximate surface area is 261 Å². The van der Waals surface area contributed by atoms with Gasteiger partial charge in [0.15, 0.2) is 10.8 Å². The first-order chi connectivity index (χ1) is 20.6. The molecule has 3 unspecified atom stereocenters. The number of aromatic nitrogens is 1. The van der Waals surface area contributed by atoms with E-state index in [4.69, 9.17) is 21.3 Å². The standard InChI is InChI=1S/C32H39ClN4O5S/c1-32(2,31(40)41)18-37-17-21-9-8-19(6-4-5-7-23(21)29(37)38)16-24-25(30(39)42-3)26(20-10-12-22(33)13-11-20)36-27(35-24)28-34-14-15-43-28/h10-15,19,21,23,26H,4-9,16-18H2,1-3H3,(H,35,36)(H,40,41)/t19?,21-,23?,26?/m0/s1. The van der Waals surface area contributed by atoms with Crippen LogP contribution >= 0.6 is 22.9 Å². The number of carbonyl (C=O) groups is 3. The summed E-state index contributed by atoms with van der Waals surface area (Å²) in [5.74, 6) is -0.183. The van der Waals surface area contributed by atoms with Gasteiger partial charge in [-0.05, 0) is 69.1 Å². The molecule has 3 aliphatic rings. The lowest BCUT2D eigenvalue weighted by Gasteiger charge is -2.29. The summed E-state index contributed by atoms with van der Waals surface area (Å²) >= 11 is 7.66. The number of hydrogen-bond acceptors (Lipinski definition) is 8. The number of halogens is 1. The Morgan fingerprint density at radius 3 is 2.58 bits per heavy atom. The summed E-state index contributed by atoms with van der Waals surface area (Å²) in [7, 11) is 1.39. The van der Waals surface area contributed by atoms with Gasteiger partial charge in [0.1, 0.15) is 6.04 Å². The van der Waals surface area contributed by atoms with E-state index >= 15 is 0 Å². The van der Waals surface area contributed by atoms with Crippen LogP contribution in [0.3, 0.4) is 0 Å². The van der Waals surface area contributed by atoms with Crippen LogP contribution < -0.4 is 5.32 Å². The first-order valence-electron chi connectivity index (χ1n) is 14.9. The van der Waals surface area contributed by atoms with E-state index in [2.05, 4.69) is 10.3 Å². The number of likely N-dealkylation sites (tertiary alicyclic amines) is 1. The molecule has 1 aliphatic carbocycles. The summed E-state index contributed by atoms with van der Waals surface area (Å²) in [4.78, 5) is 49.6. The van der Waals surface area contributed by atoms with Crippen LogP contribution in [0.15, 0.2) is 52.1 Å². The van der Waals surface area contributed by atoms with Crippen molar-refractivity contribution in [2.24, 2.45) is 28.2 Å². The summed E-state index contributed by atoms with van der Waals surface area (Å²) in [6.45, 7) is 4.17. The van der Waals surface area contributed by atoms with Crippen LogP contribution in [0.25, 0.3) is 0 Å². The molecule has 11 heteroatoms. The van der Waals surface area contributed by atoms with Crippen molar-refractivity contribution < 1.29 is 24.2 Å². The van der Waals surface area contributed by atoms with Crippen LogP contribution in [0.1, 0.15) is 75.4 Å². The number of rotatable bonds is 8. The fraction of sp³-hybridized carbons (Fsp3) is 0.531. The Kier molecular flexibility index (Phi) is 9.56. The molecule has 2 N–H and O–H groups in total. The van der Waals surface area contributed by atoms with E-state index in [0.717, 1.165) is 54.8 Å². The average Bonchev–Trinajstić information content (AvgIpc) is 3.63. The average molecular weight is 627 g/mol. The minimum atomic E-state index is -0.991. The van der Waals surface area contributed by atoms with E-state index < -0.39 is 23.4 Å². The number of hydrogen-bond donors (Lipinski definition) is 2. The number of nitrogens with one attached hydrogen (secondary N) is 1. The van der Waals surface area contributed by atoms with Gasteiger partial charge in [0, 0.05) is 41.3 Å². The molecule has 1 saturated carbocycles. The maximum atomic E-state index is 13.3. The SMILES string of the molecule is COC(=O)C1=C(CC2CCCCC3C(=O)N(CC(C)(C)C(=O)O)C[C@@H]3CC2)NC(c2nccs2)=NC1c1ccc(Cl)cc1. The zero-order chi connectivity index (χ0) is 30.7. The number of nitrogens with zero attached hydrogens (tertiary/aromatic N) is 3. The molecule has 2 aliphatic heterocycles. The zero-order valence-corrected chi connectivity index (χ0v) is 26.4. The number of ether oxygens (including phenoxy) is 1. The van der Waals surface area contributed by atoms with Gasteiger partial charge in [-0.25, -0.2) is 9.78 Å². The Bertz CT molecular complexity index is 1410. The monoisotopic (exact) mass is 626 g/mol. The van der Waals surface area contributed by atoms with Crippen molar-refractivity contribution in [3.8, 4) is 0 Å². The third-order valence-corrected chi connectivity index (χ3v) is 10.0. The molecule has 0 spiro atoms. The molecule has 0 radical (unpaired) electrons. The van der Waals surface area contributed by atoms with Gasteiger partial charge in [0.05, 0.1) is 18.1 Å². The predicted octanol–water partition coefficient (Wildman–Crippen LogP) is 5.86. The summed E-state index contributed by atoms with van der Waals surface area (Å²) in [5.41, 5.74) is 1.13. The Hall–Kier alpha value is -3.24. The highest BCUT2D eigenvalue weighted by molar-refractivity contribution is 7.11. The molecule has 9 nitrogen and oxygen atoms in total. The van der Waals surface area contributed by atoms with Crippen LogP contribution in [0, 0.1) is 23.2 Å². The summed E-state index contributed by atoms with van der Waals surface area (Å²) in [6.07, 6.45) is 7.89. The summed E-state index contributed by atoms with van der Waals surface area (Å²) < 4.78 is 5.28. The molecule has 2 aromatic rings. The van der Waals surface area contributed by atoms with Crippen LogP contribution in [-0.4, -0.2) is 58.9 Å². The lowest BCUT2D eigenvalue weighted by molar-refractivity contribution is -0.149. The van der Waals surface area contributed by atoms with E-state index in [1.165, 1.54) is 18.4 Å². The number of methoxy groups -OCH3 is 1.